The minimum Gasteiger partial charge on any atom is -0.355 e. The van der Waals surface area contributed by atoms with Gasteiger partial charge in [0, 0.05) is 29.7 Å². The molecule has 0 spiro atoms. The lowest BCUT2D eigenvalue weighted by molar-refractivity contribution is -0.126. The molecule has 2 fully saturated rings. The van der Waals surface area contributed by atoms with Crippen molar-refractivity contribution in [3.8, 4) is 0 Å². The first kappa shape index (κ1) is 17.4. The van der Waals surface area contributed by atoms with Crippen molar-refractivity contribution >= 4 is 33.4 Å². The Morgan fingerprint density at radius 1 is 1.42 bits per heavy atom. The van der Waals surface area contributed by atoms with Gasteiger partial charge in [-0.1, -0.05) is 28.9 Å². The molecule has 1 aromatic carbocycles. The van der Waals surface area contributed by atoms with Gasteiger partial charge in [0.05, 0.1) is 5.92 Å². The summed E-state index contributed by atoms with van der Waals surface area (Å²) in [6, 6.07) is 7.64. The molecule has 0 bridgehead atoms. The monoisotopic (exact) mass is 393 g/mol. The number of hydrogen-bond donors (Lipinski definition) is 2. The van der Waals surface area contributed by atoms with Gasteiger partial charge in [-0.2, -0.15) is 0 Å². The molecule has 2 N–H and O–H groups in total. The standard InChI is InChI=1S/C18H24BrN3O2/c1-18(5-7-20-8-6-18)12-21-17(24)13-9-16(23)22(11-13)15-4-2-3-14(19)10-15/h2-4,10,13,20H,5-9,11-12H2,1H3,(H,21,24). The van der Waals surface area contributed by atoms with Gasteiger partial charge in [0.15, 0.2) is 0 Å². The summed E-state index contributed by atoms with van der Waals surface area (Å²) in [7, 11) is 0. The summed E-state index contributed by atoms with van der Waals surface area (Å²) < 4.78 is 0.930. The summed E-state index contributed by atoms with van der Waals surface area (Å²) in [4.78, 5) is 26.5. The largest absolute Gasteiger partial charge is 0.355 e. The van der Waals surface area contributed by atoms with E-state index in [1.54, 1.807) is 4.90 Å². The van der Waals surface area contributed by atoms with Crippen molar-refractivity contribution in [1.29, 1.82) is 0 Å². The smallest absolute Gasteiger partial charge is 0.227 e. The number of anilines is 1. The van der Waals surface area contributed by atoms with Crippen LogP contribution >= 0.6 is 15.9 Å². The Morgan fingerprint density at radius 2 is 2.17 bits per heavy atom. The van der Waals surface area contributed by atoms with E-state index in [0.717, 1.165) is 36.1 Å². The van der Waals surface area contributed by atoms with Crippen LogP contribution in [0, 0.1) is 11.3 Å². The summed E-state index contributed by atoms with van der Waals surface area (Å²) in [5, 5.41) is 6.43. The van der Waals surface area contributed by atoms with Crippen LogP contribution in [0.5, 0.6) is 0 Å². The molecule has 0 radical (unpaired) electrons. The summed E-state index contributed by atoms with van der Waals surface area (Å²) in [5.41, 5.74) is 1.00. The van der Waals surface area contributed by atoms with E-state index in [1.807, 2.05) is 24.3 Å². The third-order valence-corrected chi connectivity index (χ3v) is 5.61. The van der Waals surface area contributed by atoms with Gasteiger partial charge < -0.3 is 15.5 Å². The molecular formula is C18H24BrN3O2. The molecule has 3 rings (SSSR count). The van der Waals surface area contributed by atoms with Crippen LogP contribution in [0.3, 0.4) is 0 Å². The van der Waals surface area contributed by atoms with Crippen LogP contribution in [-0.2, 0) is 9.59 Å². The molecule has 0 aliphatic carbocycles. The summed E-state index contributed by atoms with van der Waals surface area (Å²) >= 11 is 3.43. The predicted octanol–water partition coefficient (Wildman–Crippen LogP) is 2.31. The molecule has 1 unspecified atom stereocenters. The summed E-state index contributed by atoms with van der Waals surface area (Å²) in [6.07, 6.45) is 2.43. The molecule has 24 heavy (non-hydrogen) atoms. The molecule has 1 aromatic rings. The highest BCUT2D eigenvalue weighted by Gasteiger charge is 2.36. The van der Waals surface area contributed by atoms with Crippen molar-refractivity contribution in [2.45, 2.75) is 26.2 Å². The average molecular weight is 394 g/mol. The van der Waals surface area contributed by atoms with Gasteiger partial charge in [0.2, 0.25) is 11.8 Å². The van der Waals surface area contributed by atoms with E-state index in [0.29, 0.717) is 13.1 Å². The van der Waals surface area contributed by atoms with Crippen molar-refractivity contribution in [2.75, 3.05) is 31.1 Å². The normalized spacial score (nSPS) is 23.3. The molecule has 2 heterocycles. The lowest BCUT2D eigenvalue weighted by atomic mass is 9.81. The third kappa shape index (κ3) is 3.98. The van der Waals surface area contributed by atoms with Crippen molar-refractivity contribution in [1.82, 2.24) is 10.6 Å². The quantitative estimate of drug-likeness (QED) is 0.824. The second-order valence-electron chi connectivity index (χ2n) is 7.16. The molecule has 5 nitrogen and oxygen atoms in total. The van der Waals surface area contributed by atoms with Crippen molar-refractivity contribution in [3.05, 3.63) is 28.7 Å². The zero-order valence-electron chi connectivity index (χ0n) is 14.0. The highest BCUT2D eigenvalue weighted by Crippen LogP contribution is 2.29. The second kappa shape index (κ2) is 7.23. The first-order chi connectivity index (χ1) is 11.5. The Bertz CT molecular complexity index is 628. The van der Waals surface area contributed by atoms with Crippen LogP contribution in [0.25, 0.3) is 0 Å². The summed E-state index contributed by atoms with van der Waals surface area (Å²) in [6.45, 7) is 5.38. The van der Waals surface area contributed by atoms with E-state index in [1.165, 1.54) is 0 Å². The fourth-order valence-electron chi connectivity index (χ4n) is 3.43. The van der Waals surface area contributed by atoms with E-state index in [9.17, 15) is 9.59 Å². The van der Waals surface area contributed by atoms with Crippen LogP contribution in [-0.4, -0.2) is 38.0 Å². The first-order valence-electron chi connectivity index (χ1n) is 8.51. The van der Waals surface area contributed by atoms with E-state index >= 15 is 0 Å². The van der Waals surface area contributed by atoms with Crippen LogP contribution in [0.4, 0.5) is 5.69 Å². The maximum atomic E-state index is 12.5. The number of carbonyl (C=O) groups is 2. The number of hydrogen-bond acceptors (Lipinski definition) is 3. The number of benzene rings is 1. The number of halogens is 1. The minimum absolute atomic E-state index is 0.000560. The van der Waals surface area contributed by atoms with E-state index < -0.39 is 0 Å². The molecule has 6 heteroatoms. The Hall–Kier alpha value is -1.40. The third-order valence-electron chi connectivity index (χ3n) is 5.12. The van der Waals surface area contributed by atoms with Gasteiger partial charge in [-0.25, -0.2) is 0 Å². The molecule has 2 aliphatic rings. The predicted molar refractivity (Wildman–Crippen MR) is 97.8 cm³/mol. The zero-order chi connectivity index (χ0) is 17.2. The highest BCUT2D eigenvalue weighted by molar-refractivity contribution is 9.10. The van der Waals surface area contributed by atoms with Crippen LogP contribution in [0.15, 0.2) is 28.7 Å². The second-order valence-corrected chi connectivity index (χ2v) is 8.08. The van der Waals surface area contributed by atoms with Gasteiger partial charge in [0.1, 0.15) is 0 Å². The van der Waals surface area contributed by atoms with Crippen molar-refractivity contribution < 1.29 is 9.59 Å². The molecule has 2 saturated heterocycles. The SMILES string of the molecule is CC1(CNC(=O)C2CC(=O)N(c3cccc(Br)c3)C2)CCNCC1. The first-order valence-corrected chi connectivity index (χ1v) is 9.31. The Labute approximate surface area is 151 Å². The van der Waals surface area contributed by atoms with Gasteiger partial charge >= 0.3 is 0 Å². The Balaban J connectivity index is 1.58. The molecule has 2 aliphatic heterocycles. The molecule has 0 saturated carbocycles. The van der Waals surface area contributed by atoms with Gasteiger partial charge in [-0.05, 0) is 49.5 Å². The number of piperidine rings is 1. The fourth-order valence-corrected chi connectivity index (χ4v) is 3.82. The maximum Gasteiger partial charge on any atom is 0.227 e. The van der Waals surface area contributed by atoms with E-state index in [4.69, 9.17) is 0 Å². The average Bonchev–Trinajstić information content (AvgIpc) is 2.95. The van der Waals surface area contributed by atoms with Crippen molar-refractivity contribution in [2.24, 2.45) is 11.3 Å². The maximum absolute atomic E-state index is 12.5. The molecule has 2 amide bonds. The number of nitrogens with zero attached hydrogens (tertiary/aromatic N) is 1. The molecule has 0 aromatic heterocycles. The topological polar surface area (TPSA) is 61.4 Å². The van der Waals surface area contributed by atoms with Crippen LogP contribution in [0.2, 0.25) is 0 Å². The lowest BCUT2D eigenvalue weighted by Gasteiger charge is -2.34. The number of amides is 2. The number of nitrogens with one attached hydrogen (secondary N) is 2. The molecule has 130 valence electrons. The molecular weight excluding hydrogens is 370 g/mol. The van der Waals surface area contributed by atoms with Gasteiger partial charge in [-0.3, -0.25) is 9.59 Å². The van der Waals surface area contributed by atoms with E-state index in [-0.39, 0.29) is 29.6 Å². The highest BCUT2D eigenvalue weighted by atomic mass is 79.9. The Morgan fingerprint density at radius 3 is 2.88 bits per heavy atom. The zero-order valence-corrected chi connectivity index (χ0v) is 15.6. The minimum atomic E-state index is -0.262. The van der Waals surface area contributed by atoms with Gasteiger partial charge in [-0.15, -0.1) is 0 Å². The van der Waals surface area contributed by atoms with E-state index in [2.05, 4.69) is 33.5 Å². The fraction of sp³-hybridized carbons (Fsp3) is 0.556. The molecule has 1 atom stereocenters. The van der Waals surface area contributed by atoms with Gasteiger partial charge in [0.25, 0.3) is 0 Å². The number of carbonyl (C=O) groups excluding carboxylic acids is 2. The Kier molecular flexibility index (Phi) is 5.25. The lowest BCUT2D eigenvalue weighted by Crippen LogP contribution is -2.44. The summed E-state index contributed by atoms with van der Waals surface area (Å²) in [5.74, 6) is -0.247. The number of rotatable bonds is 4. The van der Waals surface area contributed by atoms with Crippen LogP contribution < -0.4 is 15.5 Å². The van der Waals surface area contributed by atoms with Crippen molar-refractivity contribution in [3.63, 3.8) is 0 Å². The van der Waals surface area contributed by atoms with Crippen LogP contribution in [0.1, 0.15) is 26.2 Å².